The predicted octanol–water partition coefficient (Wildman–Crippen LogP) is 4.24. The molecule has 0 bridgehead atoms. The van der Waals surface area contributed by atoms with Crippen molar-refractivity contribution >= 4 is 29.2 Å². The molecular weight excluding hydrogens is 292 g/mol. The Morgan fingerprint density at radius 3 is 2.16 bits per heavy atom. The van der Waals surface area contributed by atoms with Crippen molar-refractivity contribution < 1.29 is 14.3 Å². The first-order valence-electron chi connectivity index (χ1n) is 5.40. The monoisotopic (exact) mass is 301 g/mol. The van der Waals surface area contributed by atoms with Crippen LogP contribution < -0.4 is 0 Å². The van der Waals surface area contributed by atoms with Gasteiger partial charge in [0.15, 0.2) is 0 Å². The molecule has 100 valence electrons. The Hall–Kier alpha value is -1.52. The molecule has 0 fully saturated rings. The first-order chi connectivity index (χ1) is 8.82. The summed E-state index contributed by atoms with van der Waals surface area (Å²) in [6, 6.07) is 3.80. The number of hydrogen-bond acceptors (Lipinski definition) is 1. The maximum atomic E-state index is 13.2. The number of carboxylic acid groups (broad SMARTS) is 1. The van der Waals surface area contributed by atoms with Crippen molar-refractivity contribution in [1.29, 1.82) is 0 Å². The molecule has 0 spiro atoms. The summed E-state index contributed by atoms with van der Waals surface area (Å²) in [7, 11) is 0. The van der Waals surface area contributed by atoms with Crippen LogP contribution >= 0.6 is 23.2 Å². The molecule has 1 heterocycles. The van der Waals surface area contributed by atoms with E-state index in [9.17, 15) is 9.18 Å². The molecule has 1 aromatic carbocycles. The molecule has 0 unspecified atom stereocenters. The van der Waals surface area contributed by atoms with E-state index in [1.807, 2.05) is 0 Å². The highest BCUT2D eigenvalue weighted by atomic mass is 35.5. The van der Waals surface area contributed by atoms with Crippen LogP contribution in [0.25, 0.3) is 5.69 Å². The molecule has 2 aromatic rings. The molecule has 0 radical (unpaired) electrons. The van der Waals surface area contributed by atoms with Crippen LogP contribution in [0.5, 0.6) is 0 Å². The number of aromatic nitrogens is 1. The lowest BCUT2D eigenvalue weighted by Gasteiger charge is -2.13. The van der Waals surface area contributed by atoms with Crippen LogP contribution in [0.3, 0.4) is 0 Å². The Kier molecular flexibility index (Phi) is 3.56. The van der Waals surface area contributed by atoms with E-state index < -0.39 is 11.8 Å². The minimum atomic E-state index is -1.03. The van der Waals surface area contributed by atoms with Crippen molar-refractivity contribution in [3.8, 4) is 5.69 Å². The third-order valence-electron chi connectivity index (χ3n) is 2.87. The van der Waals surface area contributed by atoms with Crippen LogP contribution in [-0.2, 0) is 0 Å². The van der Waals surface area contributed by atoms with E-state index in [2.05, 4.69) is 0 Å². The van der Waals surface area contributed by atoms with Gasteiger partial charge < -0.3 is 9.67 Å². The molecule has 0 aliphatic rings. The summed E-state index contributed by atoms with van der Waals surface area (Å²) in [6.07, 6.45) is 0. The first kappa shape index (κ1) is 13.9. The minimum Gasteiger partial charge on any atom is -0.478 e. The second-order valence-electron chi connectivity index (χ2n) is 4.14. The number of nitrogens with zero attached hydrogens (tertiary/aromatic N) is 1. The van der Waals surface area contributed by atoms with Gasteiger partial charge in [0.25, 0.3) is 0 Å². The van der Waals surface area contributed by atoms with Crippen LogP contribution in [0.4, 0.5) is 4.39 Å². The summed E-state index contributed by atoms with van der Waals surface area (Å²) < 4.78 is 14.8. The van der Waals surface area contributed by atoms with E-state index in [-0.39, 0.29) is 15.6 Å². The fraction of sp³-hybridized carbons (Fsp3) is 0.154. The Labute approximate surface area is 119 Å². The molecule has 2 rings (SSSR count). The van der Waals surface area contributed by atoms with Crippen LogP contribution in [-0.4, -0.2) is 15.6 Å². The fourth-order valence-electron chi connectivity index (χ4n) is 2.07. The molecule has 0 atom stereocenters. The van der Waals surface area contributed by atoms with E-state index >= 15 is 0 Å². The minimum absolute atomic E-state index is 0.128. The molecule has 19 heavy (non-hydrogen) atoms. The number of carbonyl (C=O) groups is 1. The van der Waals surface area contributed by atoms with Gasteiger partial charge in [0.05, 0.1) is 21.3 Å². The highest BCUT2D eigenvalue weighted by Crippen LogP contribution is 2.33. The van der Waals surface area contributed by atoms with Crippen LogP contribution in [0, 0.1) is 19.7 Å². The summed E-state index contributed by atoms with van der Waals surface area (Å²) in [6.45, 7) is 3.38. The molecule has 0 aliphatic carbocycles. The maximum Gasteiger partial charge on any atom is 0.337 e. The van der Waals surface area contributed by atoms with Gasteiger partial charge in [-0.2, -0.15) is 0 Å². The Bertz CT molecular complexity index is 657. The number of benzene rings is 1. The van der Waals surface area contributed by atoms with Crippen molar-refractivity contribution in [3.63, 3.8) is 0 Å². The molecule has 0 aliphatic heterocycles. The van der Waals surface area contributed by atoms with Crippen molar-refractivity contribution in [1.82, 2.24) is 4.57 Å². The van der Waals surface area contributed by atoms with Crippen molar-refractivity contribution in [2.45, 2.75) is 13.8 Å². The molecule has 6 heteroatoms. The number of hydrogen-bond donors (Lipinski definition) is 1. The molecular formula is C13H10Cl2FNO2. The van der Waals surface area contributed by atoms with Crippen LogP contribution in [0.2, 0.25) is 10.0 Å². The average molecular weight is 302 g/mol. The van der Waals surface area contributed by atoms with E-state index in [1.165, 1.54) is 6.07 Å². The average Bonchev–Trinajstić information content (AvgIpc) is 2.55. The SMILES string of the molecule is Cc1cc(C(=O)O)c(C)n1-c1c(Cl)cc(F)cc1Cl. The van der Waals surface area contributed by atoms with Crippen molar-refractivity contribution in [2.24, 2.45) is 0 Å². The van der Waals surface area contributed by atoms with Gasteiger partial charge in [-0.05, 0) is 32.0 Å². The fourth-order valence-corrected chi connectivity index (χ4v) is 2.70. The van der Waals surface area contributed by atoms with E-state index in [1.54, 1.807) is 18.4 Å². The third-order valence-corrected chi connectivity index (χ3v) is 3.44. The zero-order valence-corrected chi connectivity index (χ0v) is 11.7. The molecule has 1 N–H and O–H groups in total. The molecule has 0 amide bonds. The lowest BCUT2D eigenvalue weighted by Crippen LogP contribution is -2.04. The lowest BCUT2D eigenvalue weighted by molar-refractivity contribution is 0.0696. The normalized spacial score (nSPS) is 10.8. The largest absolute Gasteiger partial charge is 0.478 e. The lowest BCUT2D eigenvalue weighted by atomic mass is 10.2. The summed E-state index contributed by atoms with van der Waals surface area (Å²) in [4.78, 5) is 11.1. The number of aryl methyl sites for hydroxylation is 1. The van der Waals surface area contributed by atoms with Crippen molar-refractivity contribution in [2.75, 3.05) is 0 Å². The summed E-state index contributed by atoms with van der Waals surface area (Å²) in [5.41, 5.74) is 1.69. The Morgan fingerprint density at radius 2 is 1.74 bits per heavy atom. The zero-order chi connectivity index (χ0) is 14.3. The van der Waals surface area contributed by atoms with Crippen molar-refractivity contribution in [3.05, 3.63) is 51.0 Å². The molecule has 1 aromatic heterocycles. The standard InChI is InChI=1S/C13H10Cl2FNO2/c1-6-3-9(13(18)19)7(2)17(6)12-10(14)4-8(16)5-11(12)15/h3-5H,1-2H3,(H,18,19). The van der Waals surface area contributed by atoms with Crippen LogP contribution in [0.1, 0.15) is 21.7 Å². The number of rotatable bonds is 2. The third kappa shape index (κ3) is 2.33. The van der Waals surface area contributed by atoms with Gasteiger partial charge >= 0.3 is 5.97 Å². The van der Waals surface area contributed by atoms with Gasteiger partial charge in [0, 0.05) is 11.4 Å². The Balaban J connectivity index is 2.77. The van der Waals surface area contributed by atoms with Gasteiger partial charge in [0.1, 0.15) is 5.82 Å². The maximum absolute atomic E-state index is 13.2. The van der Waals surface area contributed by atoms with Gasteiger partial charge in [0.2, 0.25) is 0 Å². The van der Waals surface area contributed by atoms with E-state index in [0.29, 0.717) is 17.1 Å². The number of halogens is 3. The second kappa shape index (κ2) is 4.87. The highest BCUT2D eigenvalue weighted by Gasteiger charge is 2.19. The Morgan fingerprint density at radius 1 is 1.21 bits per heavy atom. The van der Waals surface area contributed by atoms with E-state index in [4.69, 9.17) is 28.3 Å². The molecule has 3 nitrogen and oxygen atoms in total. The smallest absolute Gasteiger partial charge is 0.337 e. The topological polar surface area (TPSA) is 42.2 Å². The first-order valence-corrected chi connectivity index (χ1v) is 6.15. The summed E-state index contributed by atoms with van der Waals surface area (Å²) in [5, 5.41) is 9.35. The molecule has 0 saturated carbocycles. The van der Waals surface area contributed by atoms with Crippen LogP contribution in [0.15, 0.2) is 18.2 Å². The second-order valence-corrected chi connectivity index (χ2v) is 4.96. The predicted molar refractivity (Wildman–Crippen MR) is 72.2 cm³/mol. The van der Waals surface area contributed by atoms with Gasteiger partial charge in [-0.25, -0.2) is 9.18 Å². The zero-order valence-electron chi connectivity index (χ0n) is 10.2. The summed E-state index contributed by atoms with van der Waals surface area (Å²) in [5.74, 6) is -1.58. The van der Waals surface area contributed by atoms with E-state index in [0.717, 1.165) is 12.1 Å². The number of carboxylic acids is 1. The van der Waals surface area contributed by atoms with Gasteiger partial charge in [-0.3, -0.25) is 0 Å². The number of aromatic carboxylic acids is 1. The highest BCUT2D eigenvalue weighted by molar-refractivity contribution is 6.37. The van der Waals surface area contributed by atoms with Gasteiger partial charge in [-0.1, -0.05) is 23.2 Å². The summed E-state index contributed by atoms with van der Waals surface area (Å²) >= 11 is 12.0. The molecule has 0 saturated heterocycles. The quantitative estimate of drug-likeness (QED) is 0.901. The van der Waals surface area contributed by atoms with Gasteiger partial charge in [-0.15, -0.1) is 0 Å².